The second kappa shape index (κ2) is 5.58. The summed E-state index contributed by atoms with van der Waals surface area (Å²) in [5.41, 5.74) is 4.78. The third-order valence-corrected chi connectivity index (χ3v) is 3.04. The molecule has 2 heteroatoms. The zero-order chi connectivity index (χ0) is 13.0. The summed E-state index contributed by atoms with van der Waals surface area (Å²) < 4.78 is 5.89. The van der Waals surface area contributed by atoms with Crippen LogP contribution in [-0.2, 0) is 6.61 Å². The van der Waals surface area contributed by atoms with E-state index in [1.807, 2.05) is 31.3 Å². The van der Waals surface area contributed by atoms with Crippen molar-refractivity contribution in [1.82, 2.24) is 0 Å². The summed E-state index contributed by atoms with van der Waals surface area (Å²) in [4.78, 5) is 0. The van der Waals surface area contributed by atoms with Gasteiger partial charge in [-0.3, -0.25) is 0 Å². The highest BCUT2D eigenvalue weighted by molar-refractivity contribution is 5.55. The van der Waals surface area contributed by atoms with E-state index in [0.717, 1.165) is 11.4 Å². The first-order chi connectivity index (χ1) is 8.70. The number of benzene rings is 2. The summed E-state index contributed by atoms with van der Waals surface area (Å²) in [7, 11) is 1.90. The Morgan fingerprint density at radius 2 is 1.83 bits per heavy atom. The van der Waals surface area contributed by atoms with Crippen molar-refractivity contribution >= 4 is 5.69 Å². The Bertz CT molecular complexity index is 534. The lowest BCUT2D eigenvalue weighted by molar-refractivity contribution is 0.307. The summed E-state index contributed by atoms with van der Waals surface area (Å²) in [6, 6.07) is 14.4. The highest BCUT2D eigenvalue weighted by atomic mass is 16.5. The molecule has 1 N–H and O–H groups in total. The largest absolute Gasteiger partial charge is 0.487 e. The third-order valence-electron chi connectivity index (χ3n) is 3.04. The molecule has 0 aliphatic rings. The molecule has 0 atom stereocenters. The molecule has 2 nitrogen and oxygen atoms in total. The topological polar surface area (TPSA) is 21.3 Å². The number of rotatable bonds is 4. The number of para-hydroxylation sites is 2. The minimum atomic E-state index is 0.603. The van der Waals surface area contributed by atoms with Crippen molar-refractivity contribution in [2.24, 2.45) is 0 Å². The van der Waals surface area contributed by atoms with E-state index in [-0.39, 0.29) is 0 Å². The molecule has 0 spiro atoms. The van der Waals surface area contributed by atoms with Gasteiger partial charge >= 0.3 is 0 Å². The van der Waals surface area contributed by atoms with Crippen LogP contribution in [0.2, 0.25) is 0 Å². The van der Waals surface area contributed by atoms with E-state index in [2.05, 4.69) is 37.4 Å². The van der Waals surface area contributed by atoms with E-state index in [0.29, 0.717) is 6.61 Å². The van der Waals surface area contributed by atoms with Crippen LogP contribution in [0.25, 0.3) is 0 Å². The van der Waals surface area contributed by atoms with Crippen molar-refractivity contribution in [3.8, 4) is 5.75 Å². The first-order valence-electron chi connectivity index (χ1n) is 6.16. The summed E-state index contributed by atoms with van der Waals surface area (Å²) in [5.74, 6) is 0.890. The van der Waals surface area contributed by atoms with Crippen molar-refractivity contribution < 1.29 is 4.74 Å². The van der Waals surface area contributed by atoms with Gasteiger partial charge in [-0.1, -0.05) is 35.9 Å². The van der Waals surface area contributed by atoms with Crippen molar-refractivity contribution in [3.05, 3.63) is 59.2 Å². The van der Waals surface area contributed by atoms with Crippen LogP contribution in [0.3, 0.4) is 0 Å². The SMILES string of the molecule is CNc1ccccc1OCc1cc(C)ccc1C. The first kappa shape index (κ1) is 12.5. The van der Waals surface area contributed by atoms with Crippen LogP contribution in [0.4, 0.5) is 5.69 Å². The lowest BCUT2D eigenvalue weighted by Gasteiger charge is -2.12. The molecule has 0 saturated heterocycles. The quantitative estimate of drug-likeness (QED) is 0.875. The molecule has 0 unspecified atom stereocenters. The van der Waals surface area contributed by atoms with Gasteiger partial charge in [-0.15, -0.1) is 0 Å². The normalized spacial score (nSPS) is 10.2. The summed E-state index contributed by atoms with van der Waals surface area (Å²) >= 11 is 0. The van der Waals surface area contributed by atoms with E-state index >= 15 is 0 Å². The molecule has 0 saturated carbocycles. The number of anilines is 1. The molecule has 94 valence electrons. The average molecular weight is 241 g/mol. The fraction of sp³-hybridized carbons (Fsp3) is 0.250. The first-order valence-corrected chi connectivity index (χ1v) is 6.16. The molecule has 0 aromatic heterocycles. The Balaban J connectivity index is 2.14. The number of hydrogen-bond donors (Lipinski definition) is 1. The molecule has 0 fully saturated rings. The second-order valence-corrected chi connectivity index (χ2v) is 4.46. The molecule has 0 radical (unpaired) electrons. The molecule has 18 heavy (non-hydrogen) atoms. The van der Waals surface area contributed by atoms with Crippen molar-refractivity contribution in [2.75, 3.05) is 12.4 Å². The molecule has 0 bridgehead atoms. The molecular weight excluding hydrogens is 222 g/mol. The van der Waals surface area contributed by atoms with Crippen LogP contribution >= 0.6 is 0 Å². The number of hydrogen-bond acceptors (Lipinski definition) is 2. The predicted molar refractivity (Wildman–Crippen MR) is 76.2 cm³/mol. The Kier molecular flexibility index (Phi) is 3.88. The standard InChI is InChI=1S/C16H19NO/c1-12-8-9-13(2)14(10-12)11-18-16-7-5-4-6-15(16)17-3/h4-10,17H,11H2,1-3H3. The number of aryl methyl sites for hydroxylation is 2. The molecule has 0 aliphatic heterocycles. The summed E-state index contributed by atoms with van der Waals surface area (Å²) in [6.07, 6.45) is 0. The predicted octanol–water partition coefficient (Wildman–Crippen LogP) is 3.92. The highest BCUT2D eigenvalue weighted by Crippen LogP contribution is 2.24. The molecule has 2 aromatic rings. The van der Waals surface area contributed by atoms with Crippen LogP contribution in [-0.4, -0.2) is 7.05 Å². The smallest absolute Gasteiger partial charge is 0.142 e. The van der Waals surface area contributed by atoms with E-state index in [9.17, 15) is 0 Å². The van der Waals surface area contributed by atoms with Gasteiger partial charge in [0.15, 0.2) is 0 Å². The molecule has 0 aliphatic carbocycles. The van der Waals surface area contributed by atoms with Gasteiger partial charge in [0, 0.05) is 7.05 Å². The van der Waals surface area contributed by atoms with Gasteiger partial charge in [0.25, 0.3) is 0 Å². The van der Waals surface area contributed by atoms with Gasteiger partial charge in [-0.05, 0) is 37.1 Å². The van der Waals surface area contributed by atoms with E-state index in [4.69, 9.17) is 4.74 Å². The van der Waals surface area contributed by atoms with Gasteiger partial charge in [0.1, 0.15) is 12.4 Å². The lowest BCUT2D eigenvalue weighted by Crippen LogP contribution is -2.00. The molecule has 2 aromatic carbocycles. The summed E-state index contributed by atoms with van der Waals surface area (Å²) in [5, 5.41) is 3.13. The maximum absolute atomic E-state index is 5.89. The van der Waals surface area contributed by atoms with Crippen LogP contribution in [0.1, 0.15) is 16.7 Å². The fourth-order valence-electron chi connectivity index (χ4n) is 1.91. The Morgan fingerprint density at radius 3 is 2.61 bits per heavy atom. The van der Waals surface area contributed by atoms with Crippen LogP contribution in [0.15, 0.2) is 42.5 Å². The van der Waals surface area contributed by atoms with Gasteiger partial charge < -0.3 is 10.1 Å². The second-order valence-electron chi connectivity index (χ2n) is 4.46. The van der Waals surface area contributed by atoms with Gasteiger partial charge in [0.2, 0.25) is 0 Å². The lowest BCUT2D eigenvalue weighted by atomic mass is 10.1. The van der Waals surface area contributed by atoms with Gasteiger partial charge in [-0.25, -0.2) is 0 Å². The van der Waals surface area contributed by atoms with Crippen LogP contribution in [0.5, 0.6) is 5.75 Å². The number of ether oxygens (including phenoxy) is 1. The number of nitrogens with one attached hydrogen (secondary N) is 1. The maximum Gasteiger partial charge on any atom is 0.142 e. The van der Waals surface area contributed by atoms with E-state index < -0.39 is 0 Å². The minimum absolute atomic E-state index is 0.603. The Morgan fingerprint density at radius 1 is 1.06 bits per heavy atom. The van der Waals surface area contributed by atoms with Crippen LogP contribution < -0.4 is 10.1 Å². The van der Waals surface area contributed by atoms with E-state index in [1.54, 1.807) is 0 Å². The molecular formula is C16H19NO. The van der Waals surface area contributed by atoms with E-state index in [1.165, 1.54) is 16.7 Å². The van der Waals surface area contributed by atoms with Crippen LogP contribution in [0, 0.1) is 13.8 Å². The Labute approximate surface area is 109 Å². The highest BCUT2D eigenvalue weighted by Gasteiger charge is 2.03. The molecule has 2 rings (SSSR count). The zero-order valence-corrected chi connectivity index (χ0v) is 11.2. The molecule has 0 amide bonds. The molecule has 0 heterocycles. The zero-order valence-electron chi connectivity index (χ0n) is 11.2. The van der Waals surface area contributed by atoms with Gasteiger partial charge in [-0.2, -0.15) is 0 Å². The van der Waals surface area contributed by atoms with Crippen molar-refractivity contribution in [2.45, 2.75) is 20.5 Å². The third kappa shape index (κ3) is 2.83. The Hall–Kier alpha value is -1.96. The average Bonchev–Trinajstić information content (AvgIpc) is 2.40. The summed E-state index contributed by atoms with van der Waals surface area (Å²) in [6.45, 7) is 4.82. The monoisotopic (exact) mass is 241 g/mol. The fourth-order valence-corrected chi connectivity index (χ4v) is 1.91. The van der Waals surface area contributed by atoms with Gasteiger partial charge in [0.05, 0.1) is 5.69 Å². The van der Waals surface area contributed by atoms with Crippen molar-refractivity contribution in [1.29, 1.82) is 0 Å². The maximum atomic E-state index is 5.89. The van der Waals surface area contributed by atoms with Crippen molar-refractivity contribution in [3.63, 3.8) is 0 Å². The minimum Gasteiger partial charge on any atom is -0.487 e.